The van der Waals surface area contributed by atoms with E-state index >= 15 is 0 Å². The Morgan fingerprint density at radius 3 is 2.52 bits per heavy atom. The smallest absolute Gasteiger partial charge is 0.251 e. The lowest BCUT2D eigenvalue weighted by Gasteiger charge is -2.40. The summed E-state index contributed by atoms with van der Waals surface area (Å²) in [5.74, 6) is 0.462. The highest BCUT2D eigenvalue weighted by atomic mass is 16.2. The minimum absolute atomic E-state index is 0.0621. The van der Waals surface area contributed by atoms with Gasteiger partial charge in [0.1, 0.15) is 0 Å². The first-order valence-corrected chi connectivity index (χ1v) is 10.3. The number of amides is 2. The van der Waals surface area contributed by atoms with Gasteiger partial charge in [0.15, 0.2) is 0 Å². The minimum atomic E-state index is -0.0676. The van der Waals surface area contributed by atoms with Crippen LogP contribution in [0.1, 0.15) is 69.7 Å². The molecule has 2 unspecified atom stereocenters. The maximum Gasteiger partial charge on any atom is 0.251 e. The van der Waals surface area contributed by atoms with E-state index in [0.717, 1.165) is 19.3 Å². The van der Waals surface area contributed by atoms with Gasteiger partial charge in [0.25, 0.3) is 5.91 Å². The zero-order chi connectivity index (χ0) is 19.4. The van der Waals surface area contributed by atoms with Crippen molar-refractivity contribution >= 4 is 17.5 Å². The Morgan fingerprint density at radius 2 is 1.81 bits per heavy atom. The molecule has 1 aromatic rings. The van der Waals surface area contributed by atoms with Crippen LogP contribution in [-0.2, 0) is 4.79 Å². The summed E-state index contributed by atoms with van der Waals surface area (Å²) in [4.78, 5) is 24.6. The van der Waals surface area contributed by atoms with Crippen LogP contribution in [0.4, 0.5) is 5.69 Å². The van der Waals surface area contributed by atoms with Crippen molar-refractivity contribution in [3.05, 3.63) is 29.8 Å². The SMILES string of the molecule is CC(C)(C)C1CCCCC1NCC(=O)Nc1cccc(C(=O)NC2CC2)c1. The van der Waals surface area contributed by atoms with Crippen LogP contribution in [0.25, 0.3) is 0 Å². The fourth-order valence-corrected chi connectivity index (χ4v) is 4.08. The standard InChI is InChI=1S/C22H33N3O2/c1-22(2,3)18-9-4-5-10-19(18)23-14-20(26)24-17-8-6-7-15(13-17)21(27)25-16-11-12-16/h6-8,13,16,18-19,23H,4-5,9-12,14H2,1-3H3,(H,24,26)(H,25,27). The predicted molar refractivity (Wildman–Crippen MR) is 109 cm³/mol. The molecule has 27 heavy (non-hydrogen) atoms. The average molecular weight is 372 g/mol. The summed E-state index contributed by atoms with van der Waals surface area (Å²) in [5.41, 5.74) is 1.51. The van der Waals surface area contributed by atoms with E-state index < -0.39 is 0 Å². The van der Waals surface area contributed by atoms with Gasteiger partial charge in [-0.15, -0.1) is 0 Å². The van der Waals surface area contributed by atoms with E-state index in [0.29, 0.717) is 35.8 Å². The van der Waals surface area contributed by atoms with Crippen molar-refractivity contribution in [2.24, 2.45) is 11.3 Å². The Balaban J connectivity index is 1.52. The van der Waals surface area contributed by atoms with Crippen molar-refractivity contribution < 1.29 is 9.59 Å². The van der Waals surface area contributed by atoms with Gasteiger partial charge in [-0.25, -0.2) is 0 Å². The van der Waals surface area contributed by atoms with Crippen molar-refractivity contribution in [1.82, 2.24) is 10.6 Å². The lowest BCUT2D eigenvalue weighted by atomic mass is 9.69. The normalized spacial score (nSPS) is 22.9. The van der Waals surface area contributed by atoms with E-state index in [1.807, 2.05) is 12.1 Å². The van der Waals surface area contributed by atoms with E-state index in [9.17, 15) is 9.59 Å². The summed E-state index contributed by atoms with van der Waals surface area (Å²) < 4.78 is 0. The highest BCUT2D eigenvalue weighted by Crippen LogP contribution is 2.37. The number of anilines is 1. The number of nitrogens with one attached hydrogen (secondary N) is 3. The number of hydrogen-bond acceptors (Lipinski definition) is 3. The molecule has 5 nitrogen and oxygen atoms in total. The first kappa shape index (κ1) is 19.9. The monoisotopic (exact) mass is 371 g/mol. The molecule has 3 rings (SSSR count). The maximum absolute atomic E-state index is 12.4. The quantitative estimate of drug-likeness (QED) is 0.714. The van der Waals surface area contributed by atoms with Crippen LogP contribution in [0.3, 0.4) is 0 Å². The maximum atomic E-state index is 12.4. The second-order valence-electron chi connectivity index (χ2n) is 9.12. The highest BCUT2D eigenvalue weighted by molar-refractivity contribution is 5.97. The molecule has 0 aliphatic heterocycles. The molecule has 0 heterocycles. The van der Waals surface area contributed by atoms with Crippen LogP contribution in [0.5, 0.6) is 0 Å². The van der Waals surface area contributed by atoms with Crippen molar-refractivity contribution in [3.63, 3.8) is 0 Å². The van der Waals surface area contributed by atoms with Crippen LogP contribution in [-0.4, -0.2) is 30.4 Å². The first-order valence-electron chi connectivity index (χ1n) is 10.3. The van der Waals surface area contributed by atoms with E-state index in [1.54, 1.807) is 12.1 Å². The third-order valence-corrected chi connectivity index (χ3v) is 5.72. The molecule has 1 aromatic carbocycles. The highest BCUT2D eigenvalue weighted by Gasteiger charge is 2.34. The Bertz CT molecular complexity index is 676. The number of hydrogen-bond donors (Lipinski definition) is 3. The van der Waals surface area contributed by atoms with Gasteiger partial charge in [-0.1, -0.05) is 39.7 Å². The fourth-order valence-electron chi connectivity index (χ4n) is 4.08. The second kappa shape index (κ2) is 8.42. The molecule has 0 saturated heterocycles. The predicted octanol–water partition coefficient (Wildman–Crippen LogP) is 3.71. The molecule has 2 atom stereocenters. The summed E-state index contributed by atoms with van der Waals surface area (Å²) >= 11 is 0. The Labute approximate surface area is 162 Å². The third kappa shape index (κ3) is 5.80. The molecule has 2 aliphatic carbocycles. The zero-order valence-corrected chi connectivity index (χ0v) is 16.8. The number of benzene rings is 1. The lowest BCUT2D eigenvalue weighted by Crippen LogP contribution is -2.46. The molecule has 148 valence electrons. The molecule has 2 fully saturated rings. The van der Waals surface area contributed by atoms with Crippen molar-refractivity contribution in [3.8, 4) is 0 Å². The summed E-state index contributed by atoms with van der Waals surface area (Å²) in [7, 11) is 0. The molecule has 2 amide bonds. The summed E-state index contributed by atoms with van der Waals surface area (Å²) in [6.07, 6.45) is 6.98. The van der Waals surface area contributed by atoms with E-state index in [4.69, 9.17) is 0 Å². The molecule has 5 heteroatoms. The summed E-state index contributed by atoms with van der Waals surface area (Å²) in [6, 6.07) is 7.87. The van der Waals surface area contributed by atoms with Gasteiger partial charge in [-0.3, -0.25) is 9.59 Å². The first-order chi connectivity index (χ1) is 12.8. The van der Waals surface area contributed by atoms with Crippen molar-refractivity contribution in [2.75, 3.05) is 11.9 Å². The molecule has 3 N–H and O–H groups in total. The fraction of sp³-hybridized carbons (Fsp3) is 0.636. The van der Waals surface area contributed by atoms with Crippen LogP contribution >= 0.6 is 0 Å². The summed E-state index contributed by atoms with van der Waals surface area (Å²) in [5, 5.41) is 9.37. The van der Waals surface area contributed by atoms with Crippen molar-refractivity contribution in [2.45, 2.75) is 71.4 Å². The van der Waals surface area contributed by atoms with E-state index in [1.165, 1.54) is 19.3 Å². The number of rotatable bonds is 6. The van der Waals surface area contributed by atoms with Crippen molar-refractivity contribution in [1.29, 1.82) is 0 Å². The van der Waals surface area contributed by atoms with Gasteiger partial charge in [-0.2, -0.15) is 0 Å². The zero-order valence-electron chi connectivity index (χ0n) is 16.8. The average Bonchev–Trinajstić information content (AvgIpc) is 3.43. The van der Waals surface area contributed by atoms with Gasteiger partial charge in [0.05, 0.1) is 6.54 Å². The Morgan fingerprint density at radius 1 is 1.07 bits per heavy atom. The second-order valence-corrected chi connectivity index (χ2v) is 9.12. The van der Waals surface area contributed by atoms with Crippen LogP contribution in [0, 0.1) is 11.3 Å². The Kier molecular flexibility index (Phi) is 6.20. The van der Waals surface area contributed by atoms with Gasteiger partial charge < -0.3 is 16.0 Å². The van der Waals surface area contributed by atoms with Gasteiger partial charge in [0.2, 0.25) is 5.91 Å². The molecule has 0 aromatic heterocycles. The molecular formula is C22H33N3O2. The van der Waals surface area contributed by atoms with Gasteiger partial charge in [-0.05, 0) is 55.2 Å². The van der Waals surface area contributed by atoms with Gasteiger partial charge >= 0.3 is 0 Å². The molecule has 0 bridgehead atoms. The third-order valence-electron chi connectivity index (χ3n) is 5.72. The Hall–Kier alpha value is -1.88. The van der Waals surface area contributed by atoms with Crippen LogP contribution < -0.4 is 16.0 Å². The topological polar surface area (TPSA) is 70.2 Å². The molecular weight excluding hydrogens is 338 g/mol. The van der Waals surface area contributed by atoms with E-state index in [-0.39, 0.29) is 17.2 Å². The summed E-state index contributed by atoms with van der Waals surface area (Å²) in [6.45, 7) is 7.16. The van der Waals surface area contributed by atoms with Crippen LogP contribution in [0.15, 0.2) is 24.3 Å². The molecule has 0 radical (unpaired) electrons. The minimum Gasteiger partial charge on any atom is -0.349 e. The number of carbonyl (C=O) groups is 2. The molecule has 2 saturated carbocycles. The molecule has 2 aliphatic rings. The van der Waals surface area contributed by atoms with Gasteiger partial charge in [0, 0.05) is 23.3 Å². The largest absolute Gasteiger partial charge is 0.349 e. The van der Waals surface area contributed by atoms with E-state index in [2.05, 4.69) is 36.7 Å². The van der Waals surface area contributed by atoms with Crippen LogP contribution in [0.2, 0.25) is 0 Å². The molecule has 0 spiro atoms. The number of carbonyl (C=O) groups excluding carboxylic acids is 2. The lowest BCUT2D eigenvalue weighted by molar-refractivity contribution is -0.115.